The second-order valence-corrected chi connectivity index (χ2v) is 5.71. The van der Waals surface area contributed by atoms with E-state index in [0.717, 1.165) is 11.1 Å². The minimum Gasteiger partial charge on any atom is -0.493 e. The smallest absolute Gasteiger partial charge is 0.205 e. The molecule has 0 aliphatic rings. The summed E-state index contributed by atoms with van der Waals surface area (Å²) in [5.41, 5.74) is 1.55. The van der Waals surface area contributed by atoms with E-state index >= 15 is 0 Å². The van der Waals surface area contributed by atoms with E-state index in [9.17, 15) is 0 Å². The standard InChI is InChI=1S/C18H21N5O3/c1-11(7-12-9-19-5-6-20-12)23-18-13-8-14(24-2)16(25-3)17(26-4)15(13)21-10-22-18/h5-6,8-11H,7H2,1-4H3,(H,21,22,23). The number of methoxy groups -OCH3 is 3. The molecule has 3 rings (SSSR count). The Morgan fingerprint density at radius 1 is 1.00 bits per heavy atom. The second kappa shape index (κ2) is 7.81. The van der Waals surface area contributed by atoms with Gasteiger partial charge in [-0.05, 0) is 13.0 Å². The molecule has 8 heteroatoms. The van der Waals surface area contributed by atoms with E-state index in [2.05, 4.69) is 32.2 Å². The van der Waals surface area contributed by atoms with Gasteiger partial charge in [0, 0.05) is 31.1 Å². The van der Waals surface area contributed by atoms with Crippen molar-refractivity contribution in [3.8, 4) is 17.2 Å². The minimum absolute atomic E-state index is 0.0869. The van der Waals surface area contributed by atoms with Crippen molar-refractivity contribution in [3.63, 3.8) is 0 Å². The molecular weight excluding hydrogens is 334 g/mol. The van der Waals surface area contributed by atoms with E-state index in [4.69, 9.17) is 14.2 Å². The van der Waals surface area contributed by atoms with Gasteiger partial charge in [-0.25, -0.2) is 9.97 Å². The molecule has 0 radical (unpaired) electrons. The molecule has 0 bridgehead atoms. The maximum Gasteiger partial charge on any atom is 0.205 e. The molecule has 0 saturated heterocycles. The lowest BCUT2D eigenvalue weighted by Crippen LogP contribution is -2.20. The molecule has 1 atom stereocenters. The molecule has 8 nitrogen and oxygen atoms in total. The van der Waals surface area contributed by atoms with Crippen LogP contribution in [0.1, 0.15) is 12.6 Å². The Morgan fingerprint density at radius 3 is 2.46 bits per heavy atom. The number of hydrogen-bond donors (Lipinski definition) is 1. The quantitative estimate of drug-likeness (QED) is 0.691. The Hall–Kier alpha value is -3.16. The fourth-order valence-electron chi connectivity index (χ4n) is 2.81. The third-order valence-electron chi connectivity index (χ3n) is 3.95. The Bertz CT molecular complexity index is 889. The van der Waals surface area contributed by atoms with E-state index in [1.807, 2.05) is 6.07 Å². The molecule has 136 valence electrons. The van der Waals surface area contributed by atoms with Crippen LogP contribution in [0.3, 0.4) is 0 Å². The average Bonchev–Trinajstić information content (AvgIpc) is 2.67. The summed E-state index contributed by atoms with van der Waals surface area (Å²) >= 11 is 0. The second-order valence-electron chi connectivity index (χ2n) is 5.71. The molecule has 1 aromatic carbocycles. The highest BCUT2D eigenvalue weighted by Gasteiger charge is 2.20. The van der Waals surface area contributed by atoms with Crippen molar-refractivity contribution in [3.05, 3.63) is 36.7 Å². The van der Waals surface area contributed by atoms with Gasteiger partial charge >= 0.3 is 0 Å². The predicted molar refractivity (Wildman–Crippen MR) is 98.0 cm³/mol. The molecular formula is C18H21N5O3. The van der Waals surface area contributed by atoms with Crippen molar-refractivity contribution in [2.24, 2.45) is 0 Å². The lowest BCUT2D eigenvalue weighted by atomic mass is 10.1. The first-order valence-corrected chi connectivity index (χ1v) is 8.13. The highest BCUT2D eigenvalue weighted by atomic mass is 16.5. The van der Waals surface area contributed by atoms with Gasteiger partial charge in [0.15, 0.2) is 11.5 Å². The van der Waals surface area contributed by atoms with Gasteiger partial charge in [0.25, 0.3) is 0 Å². The van der Waals surface area contributed by atoms with E-state index in [1.165, 1.54) is 6.33 Å². The van der Waals surface area contributed by atoms with Crippen LogP contribution in [0.15, 0.2) is 31.0 Å². The highest BCUT2D eigenvalue weighted by Crippen LogP contribution is 2.43. The summed E-state index contributed by atoms with van der Waals surface area (Å²) in [7, 11) is 4.72. The summed E-state index contributed by atoms with van der Waals surface area (Å²) in [6.45, 7) is 2.06. The zero-order chi connectivity index (χ0) is 18.5. The van der Waals surface area contributed by atoms with Gasteiger partial charge in [-0.1, -0.05) is 0 Å². The predicted octanol–water partition coefficient (Wildman–Crippen LogP) is 2.49. The first-order valence-electron chi connectivity index (χ1n) is 8.13. The summed E-state index contributed by atoms with van der Waals surface area (Å²) in [5, 5.41) is 4.19. The van der Waals surface area contributed by atoms with Gasteiger partial charge in [-0.3, -0.25) is 9.97 Å². The number of hydrogen-bond acceptors (Lipinski definition) is 8. The molecule has 0 aliphatic heterocycles. The van der Waals surface area contributed by atoms with E-state index in [1.54, 1.807) is 39.9 Å². The Kier molecular flexibility index (Phi) is 5.31. The van der Waals surface area contributed by atoms with Crippen molar-refractivity contribution in [1.29, 1.82) is 0 Å². The van der Waals surface area contributed by atoms with Crippen LogP contribution in [0, 0.1) is 0 Å². The molecule has 2 aromatic heterocycles. The van der Waals surface area contributed by atoms with Crippen molar-refractivity contribution in [2.45, 2.75) is 19.4 Å². The third kappa shape index (κ3) is 3.44. The average molecular weight is 355 g/mol. The van der Waals surface area contributed by atoms with Crippen LogP contribution < -0.4 is 19.5 Å². The number of fused-ring (bicyclic) bond motifs is 1. The maximum atomic E-state index is 5.51. The molecule has 26 heavy (non-hydrogen) atoms. The third-order valence-corrected chi connectivity index (χ3v) is 3.95. The molecule has 0 amide bonds. The van der Waals surface area contributed by atoms with Crippen molar-refractivity contribution >= 4 is 16.7 Å². The molecule has 2 heterocycles. The minimum atomic E-state index is 0.0869. The Morgan fingerprint density at radius 2 is 1.81 bits per heavy atom. The zero-order valence-electron chi connectivity index (χ0n) is 15.2. The molecule has 1 N–H and O–H groups in total. The van der Waals surface area contributed by atoms with Crippen LogP contribution in [0.25, 0.3) is 10.9 Å². The van der Waals surface area contributed by atoms with Gasteiger partial charge in [0.05, 0.1) is 32.4 Å². The molecule has 0 spiro atoms. The summed E-state index contributed by atoms with van der Waals surface area (Å²) in [6.07, 6.45) is 7.31. The number of nitrogens with one attached hydrogen (secondary N) is 1. The number of anilines is 1. The first-order chi connectivity index (χ1) is 12.7. The Labute approximate surface area is 151 Å². The monoisotopic (exact) mass is 355 g/mol. The van der Waals surface area contributed by atoms with E-state index in [-0.39, 0.29) is 6.04 Å². The fourth-order valence-corrected chi connectivity index (χ4v) is 2.81. The number of nitrogens with zero attached hydrogens (tertiary/aromatic N) is 4. The maximum absolute atomic E-state index is 5.51. The van der Waals surface area contributed by atoms with Gasteiger partial charge in [-0.15, -0.1) is 0 Å². The molecule has 0 saturated carbocycles. The topological polar surface area (TPSA) is 91.3 Å². The molecule has 1 unspecified atom stereocenters. The number of benzene rings is 1. The molecule has 3 aromatic rings. The van der Waals surface area contributed by atoms with Crippen molar-refractivity contribution in [1.82, 2.24) is 19.9 Å². The fraction of sp³-hybridized carbons (Fsp3) is 0.333. The number of aromatic nitrogens is 4. The SMILES string of the molecule is COc1cc2c(NC(C)Cc3cnccn3)ncnc2c(OC)c1OC. The van der Waals surface area contributed by atoms with Crippen molar-refractivity contribution < 1.29 is 14.2 Å². The lowest BCUT2D eigenvalue weighted by molar-refractivity contribution is 0.327. The van der Waals surface area contributed by atoms with Crippen LogP contribution in [-0.2, 0) is 6.42 Å². The summed E-state index contributed by atoms with van der Waals surface area (Å²) in [6, 6.07) is 1.93. The van der Waals surface area contributed by atoms with Crippen LogP contribution in [0.5, 0.6) is 17.2 Å². The summed E-state index contributed by atoms with van der Waals surface area (Å²) in [5.74, 6) is 2.25. The zero-order valence-corrected chi connectivity index (χ0v) is 15.2. The summed E-state index contributed by atoms with van der Waals surface area (Å²) in [4.78, 5) is 17.1. The van der Waals surface area contributed by atoms with Crippen molar-refractivity contribution in [2.75, 3.05) is 26.6 Å². The normalized spacial score (nSPS) is 11.8. The van der Waals surface area contributed by atoms with Crippen LogP contribution >= 0.6 is 0 Å². The van der Waals surface area contributed by atoms with Gasteiger partial charge in [-0.2, -0.15) is 0 Å². The lowest BCUT2D eigenvalue weighted by Gasteiger charge is -2.18. The highest BCUT2D eigenvalue weighted by molar-refractivity contribution is 5.96. The largest absolute Gasteiger partial charge is 0.493 e. The van der Waals surface area contributed by atoms with Crippen LogP contribution in [0.4, 0.5) is 5.82 Å². The summed E-state index contributed by atoms with van der Waals surface area (Å²) < 4.78 is 16.4. The van der Waals surface area contributed by atoms with Crippen LogP contribution in [0.2, 0.25) is 0 Å². The van der Waals surface area contributed by atoms with Gasteiger partial charge < -0.3 is 19.5 Å². The van der Waals surface area contributed by atoms with Gasteiger partial charge in [0.2, 0.25) is 5.75 Å². The molecule has 0 aliphatic carbocycles. The number of ether oxygens (including phenoxy) is 3. The van der Waals surface area contributed by atoms with E-state index < -0.39 is 0 Å². The van der Waals surface area contributed by atoms with Crippen LogP contribution in [-0.4, -0.2) is 47.3 Å². The van der Waals surface area contributed by atoms with E-state index in [0.29, 0.717) is 35.0 Å². The Balaban J connectivity index is 1.98. The first kappa shape index (κ1) is 17.7. The van der Waals surface area contributed by atoms with Gasteiger partial charge in [0.1, 0.15) is 17.7 Å². The molecule has 0 fully saturated rings. The number of rotatable bonds is 7.